The first-order chi connectivity index (χ1) is 16.4. The van der Waals surface area contributed by atoms with E-state index in [1.165, 1.54) is 24.5 Å². The van der Waals surface area contributed by atoms with Gasteiger partial charge in [0.15, 0.2) is 0 Å². The highest BCUT2D eigenvalue weighted by molar-refractivity contribution is 6.11. The number of nitrogens with one attached hydrogen (secondary N) is 2. The van der Waals surface area contributed by atoms with Crippen LogP contribution in [0.1, 0.15) is 24.8 Å². The molecule has 10 nitrogen and oxygen atoms in total. The molecule has 0 radical (unpaired) electrons. The number of amides is 2. The molecule has 11 heteroatoms. The highest BCUT2D eigenvalue weighted by Gasteiger charge is 2.26. The molecule has 0 unspecified atom stereocenters. The number of nitrogens with two attached hydrogens (primary N) is 3. The summed E-state index contributed by atoms with van der Waals surface area (Å²) in [6.45, 7) is 2.16. The maximum atomic E-state index is 15.0. The fourth-order valence-corrected chi connectivity index (χ4v) is 4.03. The van der Waals surface area contributed by atoms with Crippen molar-refractivity contribution in [3.05, 3.63) is 41.0 Å². The average molecular weight is 473 g/mol. The minimum Gasteiger partial charge on any atom is -0.404 e. The zero-order valence-corrected chi connectivity index (χ0v) is 19.6. The number of carbonyl (C=O) groups excluding carboxylic acids is 1. The second-order valence-corrected chi connectivity index (χ2v) is 8.11. The molecule has 8 N–H and O–H groups in total. The summed E-state index contributed by atoms with van der Waals surface area (Å²) in [5.41, 5.74) is 20.9. The third-order valence-electron chi connectivity index (χ3n) is 5.87. The Labute approximate surface area is 198 Å². The van der Waals surface area contributed by atoms with Crippen LogP contribution in [0.15, 0.2) is 39.6 Å². The molecular formula is C23H33FN8O2. The van der Waals surface area contributed by atoms with Crippen LogP contribution in [0.25, 0.3) is 5.57 Å². The first kappa shape index (κ1) is 25.0. The van der Waals surface area contributed by atoms with Crippen molar-refractivity contribution in [3.8, 4) is 0 Å². The first-order valence-electron chi connectivity index (χ1n) is 11.2. The standard InChI is InChI=1S/C23H33FN8O2/c1-28-12-14(11-25)16-9-18(24)21(10-19(16)26)31-22(27)17-13-32(23(33)29-2)6-3-20(17)30-15-4-7-34-8-5-15/h9-12,15,30H,3-8,13,25-26H2,1-2H3,(H2,27,31)(H,29,33). The molecular weight excluding hydrogens is 439 g/mol. The number of hydrogen-bond donors (Lipinski definition) is 5. The minimum absolute atomic E-state index is 0.00135. The zero-order chi connectivity index (χ0) is 24.7. The van der Waals surface area contributed by atoms with Crippen molar-refractivity contribution in [2.75, 3.05) is 46.1 Å². The normalized spacial score (nSPS) is 18.5. The number of halogens is 1. The molecule has 0 saturated carbocycles. The van der Waals surface area contributed by atoms with Gasteiger partial charge in [-0.1, -0.05) is 0 Å². The Morgan fingerprint density at radius 1 is 1.32 bits per heavy atom. The van der Waals surface area contributed by atoms with Gasteiger partial charge in [-0.05, 0) is 25.0 Å². The van der Waals surface area contributed by atoms with E-state index < -0.39 is 5.82 Å². The van der Waals surface area contributed by atoms with Crippen LogP contribution < -0.4 is 27.8 Å². The number of amidine groups is 1. The molecule has 1 aromatic rings. The lowest BCUT2D eigenvalue weighted by molar-refractivity contribution is 0.0798. The molecule has 34 heavy (non-hydrogen) atoms. The van der Waals surface area contributed by atoms with Crippen LogP contribution in [0.4, 0.5) is 20.6 Å². The summed E-state index contributed by atoms with van der Waals surface area (Å²) in [7, 11) is 3.16. The Morgan fingerprint density at radius 2 is 2.06 bits per heavy atom. The average Bonchev–Trinajstić information content (AvgIpc) is 2.85. The number of benzene rings is 1. The molecule has 1 saturated heterocycles. The van der Waals surface area contributed by atoms with Crippen LogP contribution in [0.5, 0.6) is 0 Å². The molecule has 0 aromatic heterocycles. The monoisotopic (exact) mass is 472 g/mol. The molecule has 0 atom stereocenters. The van der Waals surface area contributed by atoms with E-state index in [-0.39, 0.29) is 35.8 Å². The lowest BCUT2D eigenvalue weighted by Gasteiger charge is -2.33. The van der Waals surface area contributed by atoms with Gasteiger partial charge in [0.2, 0.25) is 0 Å². The predicted octanol–water partition coefficient (Wildman–Crippen LogP) is 1.46. The van der Waals surface area contributed by atoms with E-state index in [2.05, 4.69) is 20.6 Å². The largest absolute Gasteiger partial charge is 0.404 e. The first-order valence-corrected chi connectivity index (χ1v) is 11.2. The molecule has 2 aliphatic rings. The second-order valence-electron chi connectivity index (χ2n) is 8.11. The highest BCUT2D eigenvalue weighted by atomic mass is 19.1. The molecule has 2 amide bonds. The van der Waals surface area contributed by atoms with E-state index in [9.17, 15) is 9.18 Å². The number of ether oxygens (including phenoxy) is 1. The van der Waals surface area contributed by atoms with Gasteiger partial charge >= 0.3 is 6.03 Å². The summed E-state index contributed by atoms with van der Waals surface area (Å²) in [4.78, 5) is 22.2. The number of nitrogens with zero attached hydrogens (tertiary/aromatic N) is 3. The van der Waals surface area contributed by atoms with Crippen LogP contribution in [-0.4, -0.2) is 69.4 Å². The van der Waals surface area contributed by atoms with E-state index in [0.717, 1.165) is 18.5 Å². The summed E-state index contributed by atoms with van der Waals surface area (Å²) < 4.78 is 20.4. The molecule has 184 valence electrons. The number of urea groups is 1. The maximum Gasteiger partial charge on any atom is 0.317 e. The number of carbonyl (C=O) groups is 1. The van der Waals surface area contributed by atoms with Crippen LogP contribution >= 0.6 is 0 Å². The molecule has 3 rings (SSSR count). The van der Waals surface area contributed by atoms with Crippen molar-refractivity contribution < 1.29 is 13.9 Å². The van der Waals surface area contributed by atoms with Crippen molar-refractivity contribution in [2.45, 2.75) is 25.3 Å². The summed E-state index contributed by atoms with van der Waals surface area (Å²) >= 11 is 0. The van der Waals surface area contributed by atoms with Crippen molar-refractivity contribution in [1.82, 2.24) is 15.5 Å². The van der Waals surface area contributed by atoms with Gasteiger partial charge in [0.25, 0.3) is 0 Å². The van der Waals surface area contributed by atoms with Crippen LogP contribution in [0.2, 0.25) is 0 Å². The molecule has 1 fully saturated rings. The number of anilines is 1. The van der Waals surface area contributed by atoms with E-state index in [1.807, 2.05) is 0 Å². The number of nitrogen functional groups attached to an aromatic ring is 1. The Balaban J connectivity index is 1.96. The Morgan fingerprint density at radius 3 is 2.71 bits per heavy atom. The van der Waals surface area contributed by atoms with E-state index in [0.29, 0.717) is 42.9 Å². The van der Waals surface area contributed by atoms with Crippen LogP contribution in [0.3, 0.4) is 0 Å². The maximum absolute atomic E-state index is 15.0. The second kappa shape index (κ2) is 11.5. The smallest absolute Gasteiger partial charge is 0.317 e. The van der Waals surface area contributed by atoms with Gasteiger partial charge in [-0.25, -0.2) is 14.2 Å². The summed E-state index contributed by atoms with van der Waals surface area (Å²) in [6.07, 6.45) is 5.14. The lowest BCUT2D eigenvalue weighted by atomic mass is 10.0. The van der Waals surface area contributed by atoms with Crippen molar-refractivity contribution in [1.29, 1.82) is 0 Å². The predicted molar refractivity (Wildman–Crippen MR) is 133 cm³/mol. The SMILES string of the molecule is CN=CC(=CN)c1cc(F)c(N=C(N)C2=C(NC3CCOCC3)CCN(C(=O)NC)C2)cc1N. The number of aliphatic imine (C=N–C) groups is 2. The Bertz CT molecular complexity index is 1030. The molecule has 1 aromatic carbocycles. The Hall–Kier alpha value is -3.60. The van der Waals surface area contributed by atoms with Gasteiger partial charge in [0.1, 0.15) is 17.3 Å². The van der Waals surface area contributed by atoms with E-state index in [4.69, 9.17) is 21.9 Å². The minimum atomic E-state index is -0.602. The lowest BCUT2D eigenvalue weighted by Crippen LogP contribution is -2.47. The molecule has 0 aliphatic carbocycles. The highest BCUT2D eigenvalue weighted by Crippen LogP contribution is 2.29. The third-order valence-corrected chi connectivity index (χ3v) is 5.87. The fourth-order valence-electron chi connectivity index (χ4n) is 4.03. The molecule has 2 aliphatic heterocycles. The Kier molecular flexibility index (Phi) is 8.47. The van der Waals surface area contributed by atoms with Crippen molar-refractivity contribution >= 4 is 35.0 Å². The molecule has 0 bridgehead atoms. The molecule has 0 spiro atoms. The van der Waals surface area contributed by atoms with Crippen LogP contribution in [-0.2, 0) is 4.74 Å². The van der Waals surface area contributed by atoms with Gasteiger partial charge in [-0.15, -0.1) is 0 Å². The van der Waals surface area contributed by atoms with E-state index >= 15 is 0 Å². The van der Waals surface area contributed by atoms with Gasteiger partial charge in [-0.2, -0.15) is 0 Å². The third kappa shape index (κ3) is 5.84. The fraction of sp³-hybridized carbons (Fsp3) is 0.435. The summed E-state index contributed by atoms with van der Waals surface area (Å²) in [5.74, 6) is -0.478. The number of rotatable bonds is 6. The van der Waals surface area contributed by atoms with Crippen molar-refractivity contribution in [2.24, 2.45) is 21.5 Å². The number of hydrogen-bond acceptors (Lipinski definition) is 7. The van der Waals surface area contributed by atoms with Gasteiger partial charge in [-0.3, -0.25) is 4.99 Å². The van der Waals surface area contributed by atoms with Gasteiger partial charge < -0.3 is 37.5 Å². The molecule has 2 heterocycles. The van der Waals surface area contributed by atoms with Gasteiger partial charge in [0, 0.05) is 86.8 Å². The zero-order valence-electron chi connectivity index (χ0n) is 19.6. The van der Waals surface area contributed by atoms with Gasteiger partial charge in [0.05, 0.1) is 6.54 Å². The number of allylic oxidation sites excluding steroid dienone is 1. The summed E-state index contributed by atoms with van der Waals surface area (Å²) in [5, 5.41) is 6.18. The van der Waals surface area contributed by atoms with E-state index in [1.54, 1.807) is 19.0 Å². The topological polar surface area (TPSA) is 156 Å². The summed E-state index contributed by atoms with van der Waals surface area (Å²) in [6, 6.07) is 2.70. The quantitative estimate of drug-likeness (QED) is 0.240. The van der Waals surface area contributed by atoms with Crippen LogP contribution in [0, 0.1) is 5.82 Å². The van der Waals surface area contributed by atoms with Crippen molar-refractivity contribution in [3.63, 3.8) is 0 Å².